The van der Waals surface area contributed by atoms with E-state index in [0.29, 0.717) is 5.82 Å². The summed E-state index contributed by atoms with van der Waals surface area (Å²) in [6.07, 6.45) is 5.37. The van der Waals surface area contributed by atoms with Gasteiger partial charge in [0, 0.05) is 38.7 Å². The molecule has 187 valence electrons. The smallest absolute Gasteiger partial charge is 0.0748 e. The number of hydrogen-bond donors (Lipinski definition) is 0. The topological polar surface area (TPSA) is 38.7 Å². The molecule has 0 saturated carbocycles. The average molecular weight is 668 g/mol. The number of rotatable bonds is 4. The number of hydrogen-bond acceptors (Lipinski definition) is 3. The minimum absolute atomic E-state index is 0. The molecule has 6 rings (SSSR count). The second-order valence-corrected chi connectivity index (χ2v) is 8.51. The largest absolute Gasteiger partial charge is 0.304 e. The van der Waals surface area contributed by atoms with Gasteiger partial charge in [0.05, 0.1) is 5.82 Å². The molecule has 38 heavy (non-hydrogen) atoms. The van der Waals surface area contributed by atoms with Gasteiger partial charge >= 0.3 is 0 Å². The summed E-state index contributed by atoms with van der Waals surface area (Å²) in [6.45, 7) is 2.04. The quantitative estimate of drug-likeness (QED) is 0.178. The minimum atomic E-state index is 0. The Balaban J connectivity index is 0.000000173. The molecule has 0 fully saturated rings. The Kier molecular flexibility index (Phi) is 9.42. The van der Waals surface area contributed by atoms with Crippen LogP contribution in [0, 0.1) is 19.1 Å². The van der Waals surface area contributed by atoms with Gasteiger partial charge in [0.1, 0.15) is 0 Å². The van der Waals surface area contributed by atoms with Crippen molar-refractivity contribution < 1.29 is 20.1 Å². The molecule has 1 radical (unpaired) electrons. The molecule has 0 spiro atoms. The van der Waals surface area contributed by atoms with E-state index >= 15 is 0 Å². The van der Waals surface area contributed by atoms with E-state index in [2.05, 4.69) is 75.6 Å². The van der Waals surface area contributed by atoms with Crippen molar-refractivity contribution >= 4 is 0 Å². The molecule has 4 heteroatoms. The first-order valence-electron chi connectivity index (χ1n) is 12.1. The maximum Gasteiger partial charge on any atom is 0.0748 e. The van der Waals surface area contributed by atoms with Crippen molar-refractivity contribution in [1.82, 2.24) is 15.0 Å². The van der Waals surface area contributed by atoms with Crippen LogP contribution in [0.1, 0.15) is 5.56 Å². The van der Waals surface area contributed by atoms with Crippen LogP contribution in [0.5, 0.6) is 0 Å². The van der Waals surface area contributed by atoms with E-state index in [9.17, 15) is 0 Å². The van der Waals surface area contributed by atoms with Gasteiger partial charge in [-0.1, -0.05) is 83.9 Å². The molecule has 2 heterocycles. The monoisotopic (exact) mass is 668 g/mol. The zero-order chi connectivity index (χ0) is 25.3. The molecular formula is C34H25IrN3-2. The fourth-order valence-corrected chi connectivity index (χ4v) is 3.87. The fraction of sp³-hybridized carbons (Fsp3) is 0.0294. The average Bonchev–Trinajstić information content (AvgIpc) is 2.99. The summed E-state index contributed by atoms with van der Waals surface area (Å²) in [5.74, 6) is 0.704. The molecular weight excluding hydrogens is 643 g/mol. The minimum Gasteiger partial charge on any atom is -0.304 e. The van der Waals surface area contributed by atoms with Crippen LogP contribution < -0.4 is 0 Å². The normalized spacial score (nSPS) is 10.0. The van der Waals surface area contributed by atoms with Crippen LogP contribution in [0.25, 0.3) is 44.9 Å². The number of aryl methyl sites for hydroxylation is 1. The Hall–Kier alpha value is -4.24. The summed E-state index contributed by atoms with van der Waals surface area (Å²) in [5, 5.41) is 0. The molecule has 0 saturated heterocycles. The van der Waals surface area contributed by atoms with Crippen molar-refractivity contribution in [2.45, 2.75) is 6.92 Å². The van der Waals surface area contributed by atoms with Crippen LogP contribution in [0.15, 0.2) is 134 Å². The molecule has 3 nitrogen and oxygen atoms in total. The number of nitrogens with zero attached hydrogens (tertiary/aromatic N) is 3. The van der Waals surface area contributed by atoms with Crippen molar-refractivity contribution in [2.24, 2.45) is 0 Å². The maximum absolute atomic E-state index is 4.42. The van der Waals surface area contributed by atoms with Gasteiger partial charge in [-0.3, -0.25) is 9.97 Å². The fourth-order valence-electron chi connectivity index (χ4n) is 3.87. The van der Waals surface area contributed by atoms with Crippen molar-refractivity contribution in [2.75, 3.05) is 0 Å². The van der Waals surface area contributed by atoms with Crippen LogP contribution in [-0.4, -0.2) is 15.0 Å². The zero-order valence-electron chi connectivity index (χ0n) is 20.9. The Bertz CT molecular complexity index is 1480. The number of benzene rings is 4. The van der Waals surface area contributed by atoms with E-state index in [1.54, 1.807) is 12.4 Å². The first-order chi connectivity index (χ1) is 18.3. The third-order valence-corrected chi connectivity index (χ3v) is 5.82. The molecule has 0 bridgehead atoms. The van der Waals surface area contributed by atoms with Gasteiger partial charge in [0.25, 0.3) is 0 Å². The van der Waals surface area contributed by atoms with Crippen LogP contribution in [0.4, 0.5) is 0 Å². The van der Waals surface area contributed by atoms with Crippen LogP contribution in [0.3, 0.4) is 0 Å². The molecule has 0 aliphatic carbocycles. The first-order valence-corrected chi connectivity index (χ1v) is 12.1. The van der Waals surface area contributed by atoms with E-state index in [-0.39, 0.29) is 20.1 Å². The second-order valence-electron chi connectivity index (χ2n) is 8.51. The predicted molar refractivity (Wildman–Crippen MR) is 150 cm³/mol. The van der Waals surface area contributed by atoms with Crippen molar-refractivity contribution in [1.29, 1.82) is 0 Å². The van der Waals surface area contributed by atoms with Crippen molar-refractivity contribution in [3.63, 3.8) is 0 Å². The second kappa shape index (κ2) is 13.3. The third kappa shape index (κ3) is 6.95. The SMILES string of the molecule is Cc1ccc(-c2[c-]cc(-c3ccccc3)cc2)nc1.[Ir].[c-]1ccc(-c2ccccc2)cc1-c1ncccn1. The van der Waals surface area contributed by atoms with E-state index in [1.807, 2.05) is 79.9 Å². The molecule has 0 aliphatic rings. The molecule has 0 N–H and O–H groups in total. The van der Waals surface area contributed by atoms with Gasteiger partial charge in [-0.2, -0.15) is 0 Å². The Morgan fingerprint density at radius 3 is 1.84 bits per heavy atom. The summed E-state index contributed by atoms with van der Waals surface area (Å²) in [5.41, 5.74) is 8.80. The van der Waals surface area contributed by atoms with E-state index in [0.717, 1.165) is 22.4 Å². The molecule has 0 amide bonds. The van der Waals surface area contributed by atoms with Crippen molar-refractivity contribution in [3.8, 4) is 44.9 Å². The molecule has 0 atom stereocenters. The van der Waals surface area contributed by atoms with Crippen LogP contribution in [0.2, 0.25) is 0 Å². The molecule has 4 aromatic carbocycles. The summed E-state index contributed by atoms with van der Waals surface area (Å²) in [6, 6.07) is 45.2. The molecule has 6 aromatic rings. The Morgan fingerprint density at radius 2 is 1.24 bits per heavy atom. The number of pyridine rings is 1. The molecule has 0 unspecified atom stereocenters. The third-order valence-electron chi connectivity index (χ3n) is 5.82. The van der Waals surface area contributed by atoms with Gasteiger partial charge in [-0.05, 0) is 29.8 Å². The van der Waals surface area contributed by atoms with Gasteiger partial charge in [-0.15, -0.1) is 65.2 Å². The van der Waals surface area contributed by atoms with Gasteiger partial charge in [0.2, 0.25) is 0 Å². The van der Waals surface area contributed by atoms with Gasteiger partial charge < -0.3 is 4.98 Å². The summed E-state index contributed by atoms with van der Waals surface area (Å²) >= 11 is 0. The summed E-state index contributed by atoms with van der Waals surface area (Å²) in [4.78, 5) is 12.9. The molecule has 2 aromatic heterocycles. The maximum atomic E-state index is 4.42. The number of aromatic nitrogens is 3. The van der Waals surface area contributed by atoms with E-state index < -0.39 is 0 Å². The van der Waals surface area contributed by atoms with E-state index in [4.69, 9.17) is 0 Å². The van der Waals surface area contributed by atoms with Crippen LogP contribution >= 0.6 is 0 Å². The van der Waals surface area contributed by atoms with Crippen LogP contribution in [-0.2, 0) is 20.1 Å². The van der Waals surface area contributed by atoms with Gasteiger partial charge in [-0.25, -0.2) is 0 Å². The Morgan fingerprint density at radius 1 is 0.553 bits per heavy atom. The molecule has 0 aliphatic heterocycles. The zero-order valence-corrected chi connectivity index (χ0v) is 23.3. The first kappa shape index (κ1) is 26.8. The predicted octanol–water partition coefficient (Wildman–Crippen LogP) is 8.13. The summed E-state index contributed by atoms with van der Waals surface area (Å²) in [7, 11) is 0. The standard InChI is InChI=1S/C18H14N.C16H11N2.Ir/c1-14-7-12-18(19-13-14)17-10-8-16(9-11-17)15-5-3-2-4-6-15;1-2-6-13(7-3-1)14-8-4-9-15(12-14)16-17-10-5-11-18-16;/h2-10,12-13H,1H3;1-8,10-12H;/q2*-1;. The summed E-state index contributed by atoms with van der Waals surface area (Å²) < 4.78 is 0. The Labute approximate surface area is 237 Å². The van der Waals surface area contributed by atoms with E-state index in [1.165, 1.54) is 22.3 Å². The van der Waals surface area contributed by atoms with Gasteiger partial charge in [0.15, 0.2) is 0 Å². The van der Waals surface area contributed by atoms with Crippen molar-refractivity contribution in [3.05, 3.63) is 152 Å².